The summed E-state index contributed by atoms with van der Waals surface area (Å²) in [7, 11) is 0. The third-order valence-corrected chi connectivity index (χ3v) is 3.20. The van der Waals surface area contributed by atoms with Gasteiger partial charge in [0.1, 0.15) is 10.9 Å². The minimum atomic E-state index is -1.16. The number of nitrogens with one attached hydrogen (secondary N) is 1. The smallest absolute Gasteiger partial charge is 0.326 e. The van der Waals surface area contributed by atoms with Gasteiger partial charge in [0.25, 0.3) is 5.91 Å². The number of hydrogen-bond acceptors (Lipinski definition) is 5. The predicted octanol–water partition coefficient (Wildman–Crippen LogP) is 0.325. The van der Waals surface area contributed by atoms with Gasteiger partial charge >= 0.3 is 5.97 Å². The maximum Gasteiger partial charge on any atom is 0.326 e. The molecule has 3 N–H and O–H groups in total. The first-order chi connectivity index (χ1) is 7.95. The van der Waals surface area contributed by atoms with Crippen LogP contribution < -0.4 is 5.32 Å². The van der Waals surface area contributed by atoms with Gasteiger partial charge in [-0.15, -0.1) is 11.3 Å². The van der Waals surface area contributed by atoms with Gasteiger partial charge in [-0.3, -0.25) is 4.79 Å². The molecule has 1 atom stereocenters. The number of hydrogen-bond donors (Lipinski definition) is 3. The normalized spacial score (nSPS) is 12.2. The predicted molar refractivity (Wildman–Crippen MR) is 62.2 cm³/mol. The van der Waals surface area contributed by atoms with E-state index in [9.17, 15) is 9.59 Å². The van der Waals surface area contributed by atoms with Crippen LogP contribution in [0.25, 0.3) is 0 Å². The summed E-state index contributed by atoms with van der Waals surface area (Å²) >= 11 is 1.22. The number of carboxylic acid groups (broad SMARTS) is 1. The van der Waals surface area contributed by atoms with Crippen molar-refractivity contribution in [2.45, 2.75) is 26.3 Å². The third-order valence-electron chi connectivity index (χ3n) is 2.13. The van der Waals surface area contributed by atoms with E-state index in [1.54, 1.807) is 13.8 Å². The van der Waals surface area contributed by atoms with Crippen LogP contribution in [0.4, 0.5) is 0 Å². The van der Waals surface area contributed by atoms with Crippen LogP contribution in [0.1, 0.15) is 26.8 Å². The number of carboxylic acids is 1. The molecule has 0 aliphatic rings. The minimum absolute atomic E-state index is 0.0160. The summed E-state index contributed by atoms with van der Waals surface area (Å²) in [5.41, 5.74) is 0.582. The van der Waals surface area contributed by atoms with E-state index in [-0.39, 0.29) is 13.0 Å². The summed E-state index contributed by atoms with van der Waals surface area (Å²) in [5.74, 6) is -1.62. The molecule has 1 aromatic heterocycles. The van der Waals surface area contributed by atoms with Gasteiger partial charge in [-0.05, 0) is 13.8 Å². The van der Waals surface area contributed by atoms with Gasteiger partial charge in [0, 0.05) is 13.0 Å². The van der Waals surface area contributed by atoms with Crippen molar-refractivity contribution < 1.29 is 19.8 Å². The van der Waals surface area contributed by atoms with Gasteiger partial charge in [0.2, 0.25) is 0 Å². The Labute approximate surface area is 102 Å². The fourth-order valence-electron chi connectivity index (χ4n) is 1.35. The fourth-order valence-corrected chi connectivity index (χ4v) is 2.18. The zero-order valence-electron chi connectivity index (χ0n) is 9.56. The standard InChI is InChI=1S/C10H14N2O4S/c1-5-8(17-6(2)11-5)9(14)12-7(3-4-13)10(15)16/h7,13H,3-4H2,1-2H3,(H,12,14)(H,15,16). The number of aryl methyl sites for hydroxylation is 2. The lowest BCUT2D eigenvalue weighted by Gasteiger charge is -2.12. The molecule has 0 spiro atoms. The van der Waals surface area contributed by atoms with E-state index in [1.807, 2.05) is 0 Å². The zero-order chi connectivity index (χ0) is 13.0. The van der Waals surface area contributed by atoms with Crippen LogP contribution in [0.3, 0.4) is 0 Å². The topological polar surface area (TPSA) is 99.5 Å². The van der Waals surface area contributed by atoms with Crippen LogP contribution in [-0.4, -0.2) is 39.7 Å². The molecule has 0 saturated heterocycles. The molecule has 17 heavy (non-hydrogen) atoms. The van der Waals surface area contributed by atoms with Crippen molar-refractivity contribution in [3.05, 3.63) is 15.6 Å². The van der Waals surface area contributed by atoms with E-state index >= 15 is 0 Å². The molecule has 1 heterocycles. The molecular formula is C10H14N2O4S. The second-order valence-corrected chi connectivity index (χ2v) is 4.73. The molecule has 1 rings (SSSR count). The Morgan fingerprint density at radius 1 is 1.47 bits per heavy atom. The van der Waals surface area contributed by atoms with E-state index in [0.29, 0.717) is 10.6 Å². The van der Waals surface area contributed by atoms with Crippen molar-refractivity contribution in [3.63, 3.8) is 0 Å². The lowest BCUT2D eigenvalue weighted by molar-refractivity contribution is -0.139. The molecule has 7 heteroatoms. The molecule has 0 fully saturated rings. The number of nitrogens with zero attached hydrogens (tertiary/aromatic N) is 1. The summed E-state index contributed by atoms with van der Waals surface area (Å²) < 4.78 is 0. The lowest BCUT2D eigenvalue weighted by Crippen LogP contribution is -2.41. The van der Waals surface area contributed by atoms with Gasteiger partial charge in [0.05, 0.1) is 10.7 Å². The van der Waals surface area contributed by atoms with Gasteiger partial charge < -0.3 is 15.5 Å². The van der Waals surface area contributed by atoms with E-state index in [0.717, 1.165) is 5.01 Å². The van der Waals surface area contributed by atoms with E-state index in [4.69, 9.17) is 10.2 Å². The van der Waals surface area contributed by atoms with Gasteiger partial charge in [-0.1, -0.05) is 0 Å². The summed E-state index contributed by atoms with van der Waals surface area (Å²) in [6.45, 7) is 3.18. The van der Waals surface area contributed by atoms with Crippen molar-refractivity contribution >= 4 is 23.2 Å². The van der Waals surface area contributed by atoms with E-state index in [1.165, 1.54) is 11.3 Å². The molecule has 0 radical (unpaired) electrons. The third kappa shape index (κ3) is 3.50. The van der Waals surface area contributed by atoms with Crippen molar-refractivity contribution in [1.82, 2.24) is 10.3 Å². The number of aliphatic carboxylic acids is 1. The highest BCUT2D eigenvalue weighted by Gasteiger charge is 2.22. The lowest BCUT2D eigenvalue weighted by atomic mass is 10.2. The molecule has 0 saturated carbocycles. The van der Waals surface area contributed by atoms with Crippen LogP contribution in [0.15, 0.2) is 0 Å². The number of aromatic nitrogens is 1. The summed E-state index contributed by atoms with van der Waals surface area (Å²) in [5, 5.41) is 20.7. The molecule has 1 unspecified atom stereocenters. The Kier molecular flexibility index (Phi) is 4.59. The van der Waals surface area contributed by atoms with E-state index in [2.05, 4.69) is 10.3 Å². The number of carbonyl (C=O) groups is 2. The Balaban J connectivity index is 2.77. The molecule has 0 bridgehead atoms. The summed E-state index contributed by atoms with van der Waals surface area (Å²) in [6, 6.07) is -1.07. The van der Waals surface area contributed by atoms with Crippen LogP contribution in [0, 0.1) is 13.8 Å². The van der Waals surface area contributed by atoms with Crippen LogP contribution >= 0.6 is 11.3 Å². The van der Waals surface area contributed by atoms with Crippen molar-refractivity contribution in [3.8, 4) is 0 Å². The highest BCUT2D eigenvalue weighted by atomic mass is 32.1. The maximum absolute atomic E-state index is 11.8. The maximum atomic E-state index is 11.8. The highest BCUT2D eigenvalue weighted by Crippen LogP contribution is 2.17. The SMILES string of the molecule is Cc1nc(C)c(C(=O)NC(CCO)C(=O)O)s1. The number of amides is 1. The molecule has 1 aromatic rings. The van der Waals surface area contributed by atoms with Crippen molar-refractivity contribution in [2.75, 3.05) is 6.61 Å². The number of carbonyl (C=O) groups excluding carboxylic acids is 1. The monoisotopic (exact) mass is 258 g/mol. The Morgan fingerprint density at radius 3 is 2.53 bits per heavy atom. The Hall–Kier alpha value is -1.47. The molecule has 0 aliphatic carbocycles. The van der Waals surface area contributed by atoms with Crippen LogP contribution in [0.2, 0.25) is 0 Å². The number of thiazole rings is 1. The summed E-state index contributed by atoms with van der Waals surface area (Å²) in [4.78, 5) is 27.1. The fraction of sp³-hybridized carbons (Fsp3) is 0.500. The second kappa shape index (κ2) is 5.74. The molecule has 6 nitrogen and oxygen atoms in total. The quantitative estimate of drug-likeness (QED) is 0.706. The molecule has 1 amide bonds. The number of aliphatic hydroxyl groups is 1. The van der Waals surface area contributed by atoms with E-state index < -0.39 is 17.9 Å². The largest absolute Gasteiger partial charge is 0.480 e. The number of aliphatic hydroxyl groups excluding tert-OH is 1. The second-order valence-electron chi connectivity index (χ2n) is 3.52. The van der Waals surface area contributed by atoms with Crippen molar-refractivity contribution in [2.24, 2.45) is 0 Å². The molecule has 94 valence electrons. The van der Waals surface area contributed by atoms with Gasteiger partial charge in [-0.25, -0.2) is 9.78 Å². The summed E-state index contributed by atoms with van der Waals surface area (Å²) in [6.07, 6.45) is -0.0160. The average Bonchev–Trinajstić information content (AvgIpc) is 2.57. The van der Waals surface area contributed by atoms with Crippen LogP contribution in [0.5, 0.6) is 0 Å². The van der Waals surface area contributed by atoms with Crippen molar-refractivity contribution in [1.29, 1.82) is 0 Å². The highest BCUT2D eigenvalue weighted by molar-refractivity contribution is 7.13. The average molecular weight is 258 g/mol. The Morgan fingerprint density at radius 2 is 2.12 bits per heavy atom. The number of rotatable bonds is 5. The van der Waals surface area contributed by atoms with Gasteiger partial charge in [0.15, 0.2) is 0 Å². The molecular weight excluding hydrogens is 244 g/mol. The molecule has 0 aromatic carbocycles. The first-order valence-electron chi connectivity index (χ1n) is 5.04. The minimum Gasteiger partial charge on any atom is -0.480 e. The van der Waals surface area contributed by atoms with Gasteiger partial charge in [-0.2, -0.15) is 0 Å². The first kappa shape index (κ1) is 13.6. The zero-order valence-corrected chi connectivity index (χ0v) is 10.4. The molecule has 0 aliphatic heterocycles. The Bertz CT molecular complexity index is 430. The van der Waals surface area contributed by atoms with Crippen LogP contribution in [-0.2, 0) is 4.79 Å². The first-order valence-corrected chi connectivity index (χ1v) is 5.86.